The molecule has 0 fully saturated rings. The Bertz CT molecular complexity index is 1450. The van der Waals surface area contributed by atoms with Crippen LogP contribution in [0.1, 0.15) is 21.1 Å². The molecule has 0 spiro atoms. The minimum Gasteiger partial charge on any atom is -0.497 e. The zero-order chi connectivity index (χ0) is 23.5. The van der Waals surface area contributed by atoms with Crippen molar-refractivity contribution in [2.45, 2.75) is 0 Å². The number of benzene rings is 3. The fourth-order valence-electron chi connectivity index (χ4n) is 3.68. The molecule has 0 unspecified atom stereocenters. The lowest BCUT2D eigenvalue weighted by atomic mass is 10.0. The second kappa shape index (κ2) is 8.99. The Balaban J connectivity index is 1.41. The molecule has 0 aliphatic heterocycles. The molecular formula is C27H20N2O5. The highest BCUT2D eigenvalue weighted by molar-refractivity contribution is 6.13. The highest BCUT2D eigenvalue weighted by Gasteiger charge is 2.22. The SMILES string of the molecule is COc1ccc2c(-c3ccccc3)c(C(=O)Nc3ccc(NC(=O)c4ccco4)cc3)oc2c1. The van der Waals surface area contributed by atoms with Crippen LogP contribution >= 0.6 is 0 Å². The first-order valence-electron chi connectivity index (χ1n) is 10.5. The van der Waals surface area contributed by atoms with E-state index in [9.17, 15) is 9.59 Å². The number of amides is 2. The minimum atomic E-state index is -0.388. The number of ether oxygens (including phenoxy) is 1. The summed E-state index contributed by atoms with van der Waals surface area (Å²) in [7, 11) is 1.58. The van der Waals surface area contributed by atoms with Gasteiger partial charge in [-0.2, -0.15) is 0 Å². The van der Waals surface area contributed by atoms with Gasteiger partial charge < -0.3 is 24.2 Å². The Hall–Kier alpha value is -4.78. The lowest BCUT2D eigenvalue weighted by molar-refractivity contribution is 0.0990. The Morgan fingerprint density at radius 2 is 1.50 bits per heavy atom. The van der Waals surface area contributed by atoms with E-state index in [2.05, 4.69) is 10.6 Å². The van der Waals surface area contributed by atoms with Crippen molar-refractivity contribution in [3.8, 4) is 16.9 Å². The molecule has 2 amide bonds. The van der Waals surface area contributed by atoms with E-state index >= 15 is 0 Å². The van der Waals surface area contributed by atoms with Crippen LogP contribution in [0.15, 0.2) is 100 Å². The van der Waals surface area contributed by atoms with Crippen LogP contribution in [0.3, 0.4) is 0 Å². The second-order valence-corrected chi connectivity index (χ2v) is 7.50. The summed E-state index contributed by atoms with van der Waals surface area (Å²) in [6.45, 7) is 0. The summed E-state index contributed by atoms with van der Waals surface area (Å²) >= 11 is 0. The summed E-state index contributed by atoms with van der Waals surface area (Å²) in [5.41, 5.74) is 3.25. The lowest BCUT2D eigenvalue weighted by Gasteiger charge is -2.08. The van der Waals surface area contributed by atoms with Crippen LogP contribution in [-0.2, 0) is 0 Å². The molecule has 0 aliphatic rings. The fraction of sp³-hybridized carbons (Fsp3) is 0.0370. The van der Waals surface area contributed by atoms with E-state index in [1.807, 2.05) is 42.5 Å². The highest BCUT2D eigenvalue weighted by Crippen LogP contribution is 2.37. The smallest absolute Gasteiger partial charge is 0.292 e. The van der Waals surface area contributed by atoms with Gasteiger partial charge in [0.15, 0.2) is 5.76 Å². The molecule has 5 rings (SSSR count). The standard InChI is InChI=1S/C27H20N2O5/c1-32-20-13-14-21-23(16-20)34-25(24(21)17-6-3-2-4-7-17)27(31)29-19-11-9-18(10-12-19)28-26(30)22-8-5-15-33-22/h2-16H,1H3,(H,28,30)(H,29,31). The number of nitrogens with one attached hydrogen (secondary N) is 2. The van der Waals surface area contributed by atoms with Gasteiger partial charge in [-0.1, -0.05) is 30.3 Å². The molecule has 7 heteroatoms. The molecule has 34 heavy (non-hydrogen) atoms. The number of methoxy groups -OCH3 is 1. The Morgan fingerprint density at radius 1 is 0.794 bits per heavy atom. The molecule has 2 N–H and O–H groups in total. The monoisotopic (exact) mass is 452 g/mol. The zero-order valence-corrected chi connectivity index (χ0v) is 18.2. The normalized spacial score (nSPS) is 10.7. The van der Waals surface area contributed by atoms with Gasteiger partial charge in [0.05, 0.1) is 13.4 Å². The van der Waals surface area contributed by atoms with Gasteiger partial charge in [-0.15, -0.1) is 0 Å². The number of hydrogen-bond acceptors (Lipinski definition) is 5. The topological polar surface area (TPSA) is 93.7 Å². The Morgan fingerprint density at radius 3 is 2.15 bits per heavy atom. The average Bonchev–Trinajstić information content (AvgIpc) is 3.54. The number of carbonyl (C=O) groups is 2. The molecule has 0 bridgehead atoms. The lowest BCUT2D eigenvalue weighted by Crippen LogP contribution is -2.13. The summed E-state index contributed by atoms with van der Waals surface area (Å²) in [5.74, 6) is 0.311. The number of fused-ring (bicyclic) bond motifs is 1. The fourth-order valence-corrected chi connectivity index (χ4v) is 3.68. The van der Waals surface area contributed by atoms with Gasteiger partial charge in [-0.05, 0) is 54.1 Å². The van der Waals surface area contributed by atoms with Crippen molar-refractivity contribution >= 4 is 34.2 Å². The maximum Gasteiger partial charge on any atom is 0.292 e. The third kappa shape index (κ3) is 4.14. The number of anilines is 2. The quantitative estimate of drug-likeness (QED) is 0.320. The van der Waals surface area contributed by atoms with Gasteiger partial charge in [0.1, 0.15) is 11.3 Å². The van der Waals surface area contributed by atoms with Crippen molar-refractivity contribution in [3.63, 3.8) is 0 Å². The van der Waals surface area contributed by atoms with Crippen molar-refractivity contribution in [3.05, 3.63) is 103 Å². The van der Waals surface area contributed by atoms with Crippen LogP contribution in [0.4, 0.5) is 11.4 Å². The van der Waals surface area contributed by atoms with E-state index in [0.717, 1.165) is 10.9 Å². The van der Waals surface area contributed by atoms with Crippen molar-refractivity contribution < 1.29 is 23.2 Å². The van der Waals surface area contributed by atoms with E-state index in [4.69, 9.17) is 13.6 Å². The molecule has 5 aromatic rings. The summed E-state index contributed by atoms with van der Waals surface area (Å²) in [5, 5.41) is 6.42. The van der Waals surface area contributed by atoms with Crippen LogP contribution in [0.2, 0.25) is 0 Å². The summed E-state index contributed by atoms with van der Waals surface area (Å²) < 4.78 is 16.4. The molecule has 168 valence electrons. The van der Waals surface area contributed by atoms with Crippen LogP contribution in [0, 0.1) is 0 Å². The van der Waals surface area contributed by atoms with Crippen LogP contribution in [0.25, 0.3) is 22.1 Å². The molecule has 0 aliphatic carbocycles. The van der Waals surface area contributed by atoms with Crippen molar-refractivity contribution in [2.24, 2.45) is 0 Å². The first-order chi connectivity index (χ1) is 16.6. The van der Waals surface area contributed by atoms with Gasteiger partial charge in [-0.3, -0.25) is 9.59 Å². The summed E-state index contributed by atoms with van der Waals surface area (Å²) in [6.07, 6.45) is 1.44. The van der Waals surface area contributed by atoms with Crippen molar-refractivity contribution in [2.75, 3.05) is 17.7 Å². The van der Waals surface area contributed by atoms with Crippen LogP contribution in [0.5, 0.6) is 5.75 Å². The van der Waals surface area contributed by atoms with Crippen molar-refractivity contribution in [1.82, 2.24) is 0 Å². The van der Waals surface area contributed by atoms with E-state index in [1.165, 1.54) is 6.26 Å². The third-order valence-corrected chi connectivity index (χ3v) is 5.31. The second-order valence-electron chi connectivity index (χ2n) is 7.50. The van der Waals surface area contributed by atoms with E-state index in [0.29, 0.717) is 28.3 Å². The molecule has 0 saturated heterocycles. The van der Waals surface area contributed by atoms with E-state index in [1.54, 1.807) is 49.6 Å². The largest absolute Gasteiger partial charge is 0.497 e. The average molecular weight is 452 g/mol. The maximum atomic E-state index is 13.2. The number of hydrogen-bond donors (Lipinski definition) is 2. The van der Waals surface area contributed by atoms with Gasteiger partial charge in [0.2, 0.25) is 5.76 Å². The van der Waals surface area contributed by atoms with Crippen LogP contribution < -0.4 is 15.4 Å². The number of furan rings is 2. The third-order valence-electron chi connectivity index (χ3n) is 5.31. The van der Waals surface area contributed by atoms with Crippen molar-refractivity contribution in [1.29, 1.82) is 0 Å². The zero-order valence-electron chi connectivity index (χ0n) is 18.2. The van der Waals surface area contributed by atoms with Gasteiger partial charge in [0.25, 0.3) is 11.8 Å². The van der Waals surface area contributed by atoms with Gasteiger partial charge >= 0.3 is 0 Å². The highest BCUT2D eigenvalue weighted by atomic mass is 16.5. The van der Waals surface area contributed by atoms with E-state index in [-0.39, 0.29) is 23.3 Å². The summed E-state index contributed by atoms with van der Waals surface area (Å²) in [6, 6.07) is 25.1. The predicted molar refractivity (Wildman–Crippen MR) is 129 cm³/mol. The van der Waals surface area contributed by atoms with Crippen LogP contribution in [-0.4, -0.2) is 18.9 Å². The Kier molecular flexibility index (Phi) is 5.58. The summed E-state index contributed by atoms with van der Waals surface area (Å²) in [4.78, 5) is 25.4. The molecule has 3 aromatic carbocycles. The minimum absolute atomic E-state index is 0.199. The number of rotatable bonds is 6. The molecule has 2 aromatic heterocycles. The molecule has 0 atom stereocenters. The van der Waals surface area contributed by atoms with Gasteiger partial charge in [-0.25, -0.2) is 0 Å². The molecule has 2 heterocycles. The first-order valence-corrected chi connectivity index (χ1v) is 10.5. The molecule has 0 radical (unpaired) electrons. The Labute approximate surface area is 195 Å². The van der Waals surface area contributed by atoms with Gasteiger partial charge in [0, 0.05) is 28.4 Å². The molecular weight excluding hydrogens is 432 g/mol. The predicted octanol–water partition coefficient (Wildman–Crippen LogP) is 6.21. The first kappa shape index (κ1) is 21.1. The molecule has 7 nitrogen and oxygen atoms in total. The maximum absolute atomic E-state index is 13.2. The molecule has 0 saturated carbocycles. The number of carbonyl (C=O) groups excluding carboxylic acids is 2. The van der Waals surface area contributed by atoms with E-state index < -0.39 is 0 Å².